The van der Waals surface area contributed by atoms with Crippen LogP contribution in [0.2, 0.25) is 0 Å². The summed E-state index contributed by atoms with van der Waals surface area (Å²) in [5, 5.41) is 5.10. The SMILES string of the molecule is CCOC(=O)c1c(-c2ccc(Br)cc2)csc1NC(=O)COc1ccc(C(C)C)c(C)c1. The molecule has 2 aromatic carbocycles. The number of carbonyl (C=O) groups excluding carboxylic acids is 2. The van der Waals surface area contributed by atoms with Gasteiger partial charge in [0.05, 0.1) is 6.61 Å². The standard InChI is InChI=1S/C25H26BrNO4S/c1-5-30-25(29)23-21(17-6-8-18(26)9-7-17)14-32-24(23)27-22(28)13-31-19-10-11-20(15(2)3)16(4)12-19/h6-12,14-15H,5,13H2,1-4H3,(H,27,28). The van der Waals surface area contributed by atoms with Gasteiger partial charge >= 0.3 is 5.97 Å². The third kappa shape index (κ3) is 5.78. The van der Waals surface area contributed by atoms with Crippen LogP contribution >= 0.6 is 27.3 Å². The lowest BCUT2D eigenvalue weighted by Crippen LogP contribution is -2.21. The van der Waals surface area contributed by atoms with Gasteiger partial charge in [-0.1, -0.05) is 48.0 Å². The second kappa shape index (κ2) is 10.8. The van der Waals surface area contributed by atoms with Crippen LogP contribution < -0.4 is 10.1 Å². The molecule has 0 radical (unpaired) electrons. The zero-order chi connectivity index (χ0) is 23.3. The Bertz CT molecular complexity index is 1110. The summed E-state index contributed by atoms with van der Waals surface area (Å²) >= 11 is 4.71. The molecule has 1 N–H and O–H groups in total. The zero-order valence-corrected chi connectivity index (χ0v) is 20.9. The molecule has 32 heavy (non-hydrogen) atoms. The van der Waals surface area contributed by atoms with E-state index < -0.39 is 5.97 Å². The lowest BCUT2D eigenvalue weighted by Gasteiger charge is -2.13. The summed E-state index contributed by atoms with van der Waals surface area (Å²) in [5.41, 5.74) is 4.31. The summed E-state index contributed by atoms with van der Waals surface area (Å²) in [6, 6.07) is 13.5. The second-order valence-electron chi connectivity index (χ2n) is 7.59. The Labute approximate surface area is 200 Å². The first-order valence-corrected chi connectivity index (χ1v) is 12.0. The number of halogens is 1. The highest BCUT2D eigenvalue weighted by atomic mass is 79.9. The van der Waals surface area contributed by atoms with Crippen molar-refractivity contribution in [2.75, 3.05) is 18.5 Å². The van der Waals surface area contributed by atoms with Crippen LogP contribution in [0.15, 0.2) is 52.3 Å². The Balaban J connectivity index is 1.76. The van der Waals surface area contributed by atoms with E-state index in [0.29, 0.717) is 22.2 Å². The van der Waals surface area contributed by atoms with Gasteiger partial charge in [-0.15, -0.1) is 11.3 Å². The van der Waals surface area contributed by atoms with E-state index in [0.717, 1.165) is 21.2 Å². The lowest BCUT2D eigenvalue weighted by molar-refractivity contribution is -0.118. The van der Waals surface area contributed by atoms with Crippen LogP contribution in [0.5, 0.6) is 5.75 Å². The molecule has 1 heterocycles. The number of hydrogen-bond donors (Lipinski definition) is 1. The van der Waals surface area contributed by atoms with Gasteiger partial charge in [0.2, 0.25) is 0 Å². The third-order valence-corrected chi connectivity index (χ3v) is 6.34. The van der Waals surface area contributed by atoms with Gasteiger partial charge < -0.3 is 14.8 Å². The van der Waals surface area contributed by atoms with Crippen molar-refractivity contribution < 1.29 is 19.1 Å². The maximum atomic E-state index is 12.7. The molecule has 0 unspecified atom stereocenters. The summed E-state index contributed by atoms with van der Waals surface area (Å²) in [5.74, 6) is 0.245. The van der Waals surface area contributed by atoms with Crippen LogP contribution in [0.3, 0.4) is 0 Å². The van der Waals surface area contributed by atoms with Gasteiger partial charge in [0, 0.05) is 15.4 Å². The smallest absolute Gasteiger partial charge is 0.341 e. The molecule has 7 heteroatoms. The highest BCUT2D eigenvalue weighted by molar-refractivity contribution is 9.10. The average molecular weight is 516 g/mol. The summed E-state index contributed by atoms with van der Waals surface area (Å²) < 4.78 is 11.9. The van der Waals surface area contributed by atoms with E-state index >= 15 is 0 Å². The number of aryl methyl sites for hydroxylation is 1. The van der Waals surface area contributed by atoms with Crippen LogP contribution in [-0.4, -0.2) is 25.1 Å². The molecule has 0 saturated heterocycles. The first-order valence-electron chi connectivity index (χ1n) is 10.4. The number of esters is 1. The van der Waals surface area contributed by atoms with Crippen LogP contribution in [0.1, 0.15) is 48.2 Å². The fraction of sp³-hybridized carbons (Fsp3) is 0.280. The Morgan fingerprint density at radius 1 is 1.12 bits per heavy atom. The number of carbonyl (C=O) groups is 2. The van der Waals surface area contributed by atoms with Gasteiger partial charge in [0.25, 0.3) is 5.91 Å². The number of thiophene rings is 1. The number of anilines is 1. The fourth-order valence-corrected chi connectivity index (χ4v) is 4.63. The van der Waals surface area contributed by atoms with Crippen molar-refractivity contribution in [2.24, 2.45) is 0 Å². The molecule has 5 nitrogen and oxygen atoms in total. The Morgan fingerprint density at radius 3 is 2.47 bits per heavy atom. The minimum Gasteiger partial charge on any atom is -0.484 e. The number of rotatable bonds is 8. The van der Waals surface area contributed by atoms with E-state index in [-0.39, 0.29) is 19.1 Å². The van der Waals surface area contributed by atoms with Crippen molar-refractivity contribution in [3.8, 4) is 16.9 Å². The molecular weight excluding hydrogens is 490 g/mol. The van der Waals surface area contributed by atoms with Gasteiger partial charge in [-0.25, -0.2) is 4.79 Å². The quantitative estimate of drug-likeness (QED) is 0.335. The first-order chi connectivity index (χ1) is 15.3. The Kier molecular flexibility index (Phi) is 8.10. The molecular formula is C25H26BrNO4S. The number of benzene rings is 2. The molecule has 0 bridgehead atoms. The molecule has 0 saturated carbocycles. The molecule has 0 aliphatic heterocycles. The average Bonchev–Trinajstić information content (AvgIpc) is 3.16. The highest BCUT2D eigenvalue weighted by Crippen LogP contribution is 2.36. The lowest BCUT2D eigenvalue weighted by atomic mass is 9.98. The number of hydrogen-bond acceptors (Lipinski definition) is 5. The molecule has 0 aliphatic rings. The van der Waals surface area contributed by atoms with Crippen LogP contribution in [0.25, 0.3) is 11.1 Å². The molecule has 3 aromatic rings. The summed E-state index contributed by atoms with van der Waals surface area (Å²) in [4.78, 5) is 25.2. The molecule has 168 valence electrons. The Morgan fingerprint density at radius 2 is 1.84 bits per heavy atom. The van der Waals surface area contributed by atoms with E-state index in [4.69, 9.17) is 9.47 Å². The normalized spacial score (nSPS) is 10.8. The number of ether oxygens (including phenoxy) is 2. The van der Waals surface area contributed by atoms with Gasteiger partial charge in [-0.2, -0.15) is 0 Å². The monoisotopic (exact) mass is 515 g/mol. The largest absolute Gasteiger partial charge is 0.484 e. The van der Waals surface area contributed by atoms with Crippen LogP contribution in [-0.2, 0) is 9.53 Å². The van der Waals surface area contributed by atoms with E-state index in [1.807, 2.05) is 54.8 Å². The first kappa shape index (κ1) is 24.0. The zero-order valence-electron chi connectivity index (χ0n) is 18.5. The molecule has 0 fully saturated rings. The maximum Gasteiger partial charge on any atom is 0.341 e. The topological polar surface area (TPSA) is 64.6 Å². The summed E-state index contributed by atoms with van der Waals surface area (Å²) in [7, 11) is 0. The second-order valence-corrected chi connectivity index (χ2v) is 9.39. The minimum atomic E-state index is -0.470. The summed E-state index contributed by atoms with van der Waals surface area (Å²) in [6.07, 6.45) is 0. The van der Waals surface area contributed by atoms with E-state index in [1.54, 1.807) is 6.92 Å². The fourth-order valence-electron chi connectivity index (χ4n) is 3.40. The van der Waals surface area contributed by atoms with Gasteiger partial charge in [-0.3, -0.25) is 4.79 Å². The van der Waals surface area contributed by atoms with Gasteiger partial charge in [0.15, 0.2) is 6.61 Å². The number of nitrogens with one attached hydrogen (secondary N) is 1. The molecule has 3 rings (SSSR count). The molecule has 0 aliphatic carbocycles. The molecule has 0 atom stereocenters. The molecule has 0 spiro atoms. The number of amides is 1. The van der Waals surface area contributed by atoms with Crippen molar-refractivity contribution >= 4 is 44.1 Å². The maximum absolute atomic E-state index is 12.7. The van der Waals surface area contributed by atoms with E-state index in [2.05, 4.69) is 35.1 Å². The van der Waals surface area contributed by atoms with Crippen molar-refractivity contribution in [2.45, 2.75) is 33.6 Å². The molecule has 1 amide bonds. The van der Waals surface area contributed by atoms with Crippen LogP contribution in [0.4, 0.5) is 5.00 Å². The van der Waals surface area contributed by atoms with Gasteiger partial charge in [-0.05, 0) is 60.7 Å². The predicted octanol–water partition coefficient (Wildman–Crippen LogP) is 6.80. The van der Waals surface area contributed by atoms with Crippen molar-refractivity contribution in [3.63, 3.8) is 0 Å². The minimum absolute atomic E-state index is 0.158. The van der Waals surface area contributed by atoms with Crippen LogP contribution in [0, 0.1) is 6.92 Å². The summed E-state index contributed by atoms with van der Waals surface area (Å²) in [6.45, 7) is 8.15. The highest BCUT2D eigenvalue weighted by Gasteiger charge is 2.23. The van der Waals surface area contributed by atoms with Crippen molar-refractivity contribution in [1.29, 1.82) is 0 Å². The predicted molar refractivity (Wildman–Crippen MR) is 133 cm³/mol. The van der Waals surface area contributed by atoms with Gasteiger partial charge in [0.1, 0.15) is 16.3 Å². The van der Waals surface area contributed by atoms with E-state index in [1.165, 1.54) is 16.9 Å². The third-order valence-electron chi connectivity index (χ3n) is 4.91. The molecule has 1 aromatic heterocycles. The van der Waals surface area contributed by atoms with Crippen molar-refractivity contribution in [3.05, 3.63) is 69.0 Å². The van der Waals surface area contributed by atoms with Crippen molar-refractivity contribution in [1.82, 2.24) is 0 Å². The Hall–Kier alpha value is -2.64. The van der Waals surface area contributed by atoms with E-state index in [9.17, 15) is 9.59 Å².